The quantitative estimate of drug-likeness (QED) is 0.282. The number of morpholine rings is 1. The van der Waals surface area contributed by atoms with Gasteiger partial charge in [0.05, 0.1) is 24.9 Å². The molecule has 8 heteroatoms. The summed E-state index contributed by atoms with van der Waals surface area (Å²) >= 11 is 0. The second-order valence-corrected chi connectivity index (χ2v) is 8.24. The van der Waals surface area contributed by atoms with Gasteiger partial charge in [-0.15, -0.1) is 0 Å². The molecule has 1 amide bonds. The van der Waals surface area contributed by atoms with Crippen molar-refractivity contribution in [2.45, 2.75) is 6.04 Å². The smallest absolute Gasteiger partial charge is 0.262 e. The van der Waals surface area contributed by atoms with Crippen LogP contribution < -0.4 is 10.1 Å². The molecule has 0 spiro atoms. The molecule has 1 fully saturated rings. The van der Waals surface area contributed by atoms with Crippen LogP contribution in [0.15, 0.2) is 78.4 Å². The van der Waals surface area contributed by atoms with E-state index in [0.717, 1.165) is 49.7 Å². The Hall–Kier alpha value is -4.06. The summed E-state index contributed by atoms with van der Waals surface area (Å²) in [5, 5.41) is 12.5. The van der Waals surface area contributed by atoms with Gasteiger partial charge in [-0.2, -0.15) is 9.65 Å². The summed E-state index contributed by atoms with van der Waals surface area (Å²) in [6.07, 6.45) is 1.27. The molecule has 1 atom stereocenters. The molecule has 1 saturated heterocycles. The van der Waals surface area contributed by atoms with Crippen molar-refractivity contribution in [3.63, 3.8) is 0 Å². The molecule has 4 rings (SSSR count). The largest absolute Gasteiger partial charge is 0.492 e. The first-order valence-corrected chi connectivity index (χ1v) is 11.8. The molecule has 7 nitrogen and oxygen atoms in total. The number of hydrogen-bond acceptors (Lipinski definition) is 6. The number of halogens is 1. The van der Waals surface area contributed by atoms with Gasteiger partial charge in [0, 0.05) is 19.6 Å². The fourth-order valence-electron chi connectivity index (χ4n) is 3.89. The number of amides is 1. The number of benzene rings is 2. The molecule has 2 heterocycles. The zero-order valence-electron chi connectivity index (χ0n) is 19.8. The summed E-state index contributed by atoms with van der Waals surface area (Å²) in [6, 6.07) is 22.6. The standard InChI is InChI=1S/C28H27FN4O3/c29-26-8-4-7-24(31-26)19-23(20-30)28(34)32-27(21-5-2-1-3-6-21)22-9-11-25(12-10-22)36-18-15-33-13-16-35-17-14-33/h1-12,19,27H,13-18H2,(H,32,34)/b23-19+. The minimum absolute atomic E-state index is 0.169. The average molecular weight is 487 g/mol. The number of pyridine rings is 1. The maximum atomic E-state index is 13.4. The van der Waals surface area contributed by atoms with Gasteiger partial charge in [0.1, 0.15) is 24.0 Å². The van der Waals surface area contributed by atoms with E-state index in [1.807, 2.05) is 60.7 Å². The van der Waals surface area contributed by atoms with Crippen LogP contribution in [-0.2, 0) is 9.53 Å². The first-order chi connectivity index (χ1) is 17.6. The van der Waals surface area contributed by atoms with E-state index < -0.39 is 17.9 Å². The minimum Gasteiger partial charge on any atom is -0.492 e. The number of carbonyl (C=O) groups excluding carboxylic acids is 1. The molecule has 1 unspecified atom stereocenters. The molecule has 0 saturated carbocycles. The van der Waals surface area contributed by atoms with E-state index in [1.54, 1.807) is 0 Å². The van der Waals surface area contributed by atoms with Gasteiger partial charge in [-0.05, 0) is 41.5 Å². The lowest BCUT2D eigenvalue weighted by Gasteiger charge is -2.26. The van der Waals surface area contributed by atoms with E-state index in [4.69, 9.17) is 9.47 Å². The first kappa shape index (κ1) is 25.0. The lowest BCUT2D eigenvalue weighted by Crippen LogP contribution is -2.38. The summed E-state index contributed by atoms with van der Waals surface area (Å²) in [6.45, 7) is 4.73. The third-order valence-electron chi connectivity index (χ3n) is 5.80. The van der Waals surface area contributed by atoms with Gasteiger partial charge < -0.3 is 14.8 Å². The van der Waals surface area contributed by atoms with Crippen LogP contribution in [0, 0.1) is 17.3 Å². The Labute approximate surface area is 209 Å². The van der Waals surface area contributed by atoms with Crippen molar-refractivity contribution in [1.29, 1.82) is 5.26 Å². The van der Waals surface area contributed by atoms with E-state index in [-0.39, 0.29) is 11.3 Å². The van der Waals surface area contributed by atoms with Crippen LogP contribution in [0.4, 0.5) is 4.39 Å². The van der Waals surface area contributed by atoms with Crippen LogP contribution >= 0.6 is 0 Å². The third-order valence-corrected chi connectivity index (χ3v) is 5.80. The molecule has 1 N–H and O–H groups in total. The van der Waals surface area contributed by atoms with Crippen LogP contribution in [0.5, 0.6) is 5.75 Å². The number of carbonyl (C=O) groups is 1. The van der Waals surface area contributed by atoms with Crippen LogP contribution in [0.3, 0.4) is 0 Å². The zero-order chi connectivity index (χ0) is 25.2. The fraction of sp³-hybridized carbons (Fsp3) is 0.250. The average Bonchev–Trinajstić information content (AvgIpc) is 2.92. The summed E-state index contributed by atoms with van der Waals surface area (Å²) in [5.41, 5.74) is 1.71. The van der Waals surface area contributed by atoms with Gasteiger partial charge in [-0.1, -0.05) is 48.5 Å². The Balaban J connectivity index is 1.47. The highest BCUT2D eigenvalue weighted by molar-refractivity contribution is 6.01. The minimum atomic E-state index is -0.684. The van der Waals surface area contributed by atoms with Crippen molar-refractivity contribution in [3.8, 4) is 11.8 Å². The number of ether oxygens (including phenoxy) is 2. The Bertz CT molecular complexity index is 1220. The van der Waals surface area contributed by atoms with Gasteiger partial charge in [0.25, 0.3) is 5.91 Å². The summed E-state index contributed by atoms with van der Waals surface area (Å²) in [4.78, 5) is 19.0. The number of nitrogens with zero attached hydrogens (tertiary/aromatic N) is 3. The Kier molecular flexibility index (Phi) is 8.76. The van der Waals surface area contributed by atoms with E-state index in [1.165, 1.54) is 24.3 Å². The highest BCUT2D eigenvalue weighted by Gasteiger charge is 2.20. The molecular weight excluding hydrogens is 459 g/mol. The van der Waals surface area contributed by atoms with E-state index >= 15 is 0 Å². The van der Waals surface area contributed by atoms with Crippen molar-refractivity contribution >= 4 is 12.0 Å². The maximum absolute atomic E-state index is 13.4. The monoisotopic (exact) mass is 486 g/mol. The summed E-state index contributed by atoms with van der Waals surface area (Å²) in [5.74, 6) is -0.529. The second kappa shape index (κ2) is 12.6. The first-order valence-electron chi connectivity index (χ1n) is 11.8. The van der Waals surface area contributed by atoms with Crippen LogP contribution in [0.2, 0.25) is 0 Å². The van der Waals surface area contributed by atoms with Crippen molar-refractivity contribution < 1.29 is 18.7 Å². The number of hydrogen-bond donors (Lipinski definition) is 1. The second-order valence-electron chi connectivity index (χ2n) is 8.24. The predicted molar refractivity (Wildman–Crippen MR) is 133 cm³/mol. The van der Waals surface area contributed by atoms with Crippen molar-refractivity contribution in [2.75, 3.05) is 39.5 Å². The number of rotatable bonds is 9. The SMILES string of the molecule is N#C/C(=C\c1cccc(F)n1)C(=O)NC(c1ccccc1)c1ccc(OCCN2CCOCC2)cc1. The van der Waals surface area contributed by atoms with Gasteiger partial charge in [0.15, 0.2) is 0 Å². The van der Waals surface area contributed by atoms with Gasteiger partial charge in [-0.3, -0.25) is 9.69 Å². The molecule has 0 bridgehead atoms. The Morgan fingerprint density at radius 3 is 2.50 bits per heavy atom. The number of aromatic nitrogens is 1. The number of nitrogens with one attached hydrogen (secondary N) is 1. The molecular formula is C28H27FN4O3. The normalized spacial score (nSPS) is 15.1. The molecule has 3 aromatic rings. The highest BCUT2D eigenvalue weighted by Crippen LogP contribution is 2.25. The Morgan fingerprint density at radius 2 is 1.81 bits per heavy atom. The maximum Gasteiger partial charge on any atom is 0.262 e. The summed E-state index contributed by atoms with van der Waals surface area (Å²) in [7, 11) is 0. The molecule has 1 aromatic heterocycles. The molecule has 0 radical (unpaired) electrons. The molecule has 1 aliphatic rings. The predicted octanol–water partition coefficient (Wildman–Crippen LogP) is 3.74. The van der Waals surface area contributed by atoms with E-state index in [0.29, 0.717) is 6.61 Å². The molecule has 1 aliphatic heterocycles. The lowest BCUT2D eigenvalue weighted by molar-refractivity contribution is -0.117. The van der Waals surface area contributed by atoms with Gasteiger partial charge in [0.2, 0.25) is 5.95 Å². The van der Waals surface area contributed by atoms with Crippen LogP contribution in [-0.4, -0.2) is 55.2 Å². The van der Waals surface area contributed by atoms with Crippen LogP contribution in [0.25, 0.3) is 6.08 Å². The molecule has 2 aromatic carbocycles. The third kappa shape index (κ3) is 6.98. The topological polar surface area (TPSA) is 87.5 Å². The fourth-order valence-corrected chi connectivity index (χ4v) is 3.89. The van der Waals surface area contributed by atoms with Crippen LogP contribution in [0.1, 0.15) is 22.9 Å². The van der Waals surface area contributed by atoms with Gasteiger partial charge >= 0.3 is 0 Å². The van der Waals surface area contributed by atoms with Crippen molar-refractivity contribution in [3.05, 3.63) is 101 Å². The lowest BCUT2D eigenvalue weighted by atomic mass is 9.98. The molecule has 0 aliphatic carbocycles. The molecule has 184 valence electrons. The van der Waals surface area contributed by atoms with E-state index in [2.05, 4.69) is 15.2 Å². The van der Waals surface area contributed by atoms with Crippen molar-refractivity contribution in [1.82, 2.24) is 15.2 Å². The van der Waals surface area contributed by atoms with Crippen molar-refractivity contribution in [2.24, 2.45) is 0 Å². The van der Waals surface area contributed by atoms with Gasteiger partial charge in [-0.25, -0.2) is 4.98 Å². The molecule has 36 heavy (non-hydrogen) atoms. The van der Waals surface area contributed by atoms with E-state index in [9.17, 15) is 14.4 Å². The zero-order valence-corrected chi connectivity index (χ0v) is 19.8. The Morgan fingerprint density at radius 1 is 1.08 bits per heavy atom. The highest BCUT2D eigenvalue weighted by atomic mass is 19.1. The number of nitriles is 1. The summed E-state index contributed by atoms with van der Waals surface area (Å²) < 4.78 is 24.7.